The molecule has 3 nitrogen and oxygen atoms in total. The summed E-state index contributed by atoms with van der Waals surface area (Å²) in [4.78, 5) is 0. The van der Waals surface area contributed by atoms with Crippen LogP contribution < -0.4 is 4.74 Å². The van der Waals surface area contributed by atoms with E-state index in [4.69, 9.17) is 9.47 Å². The molecule has 1 N–H and O–H groups in total. The SMILES string of the molecule is COc1ccc(CO[C@@H](C)[C@@](O)(C#C[Si](C)(C)C)C#C[Si](C(C)C)(C(C)C)C(C)C)cc1. The third-order valence-electron chi connectivity index (χ3n) is 6.21. The van der Waals surface area contributed by atoms with Crippen molar-refractivity contribution in [2.45, 2.75) is 103 Å². The van der Waals surface area contributed by atoms with E-state index in [0.29, 0.717) is 23.2 Å². The van der Waals surface area contributed by atoms with E-state index < -0.39 is 27.9 Å². The molecule has 0 amide bonds. The van der Waals surface area contributed by atoms with E-state index in [1.165, 1.54) is 0 Å². The maximum Gasteiger partial charge on any atom is 0.212 e. The van der Waals surface area contributed by atoms with Crippen molar-refractivity contribution >= 4 is 16.1 Å². The van der Waals surface area contributed by atoms with Gasteiger partial charge in [-0.2, -0.15) is 0 Å². The summed E-state index contributed by atoms with van der Waals surface area (Å²) in [5.74, 6) is 7.24. The van der Waals surface area contributed by atoms with Crippen molar-refractivity contribution in [3.05, 3.63) is 29.8 Å². The molecule has 0 bridgehead atoms. The molecule has 0 spiro atoms. The van der Waals surface area contributed by atoms with Crippen LogP contribution in [0.3, 0.4) is 0 Å². The molecule has 0 heterocycles. The van der Waals surface area contributed by atoms with E-state index in [2.05, 4.69) is 84.1 Å². The van der Waals surface area contributed by atoms with Gasteiger partial charge in [0.1, 0.15) is 28.0 Å². The monoisotopic (exact) mass is 472 g/mol. The van der Waals surface area contributed by atoms with E-state index in [9.17, 15) is 5.11 Å². The molecule has 0 fully saturated rings. The Balaban J connectivity index is 3.34. The summed E-state index contributed by atoms with van der Waals surface area (Å²) in [6.07, 6.45) is -0.542. The molecule has 32 heavy (non-hydrogen) atoms. The molecule has 178 valence electrons. The Kier molecular flexibility index (Phi) is 10.3. The lowest BCUT2D eigenvalue weighted by Gasteiger charge is -2.38. The van der Waals surface area contributed by atoms with Crippen molar-refractivity contribution in [2.24, 2.45) is 0 Å². The topological polar surface area (TPSA) is 38.7 Å². The molecule has 1 rings (SSSR count). The minimum absolute atomic E-state index is 0.380. The highest BCUT2D eigenvalue weighted by Gasteiger charge is 2.43. The molecule has 0 saturated heterocycles. The van der Waals surface area contributed by atoms with Gasteiger partial charge in [0.05, 0.1) is 13.7 Å². The van der Waals surface area contributed by atoms with E-state index in [-0.39, 0.29) is 0 Å². The molecule has 0 saturated carbocycles. The van der Waals surface area contributed by atoms with Crippen LogP contribution in [0.25, 0.3) is 0 Å². The highest BCUT2D eigenvalue weighted by Crippen LogP contribution is 2.41. The van der Waals surface area contributed by atoms with Crippen LogP contribution in [0.5, 0.6) is 5.75 Å². The van der Waals surface area contributed by atoms with E-state index >= 15 is 0 Å². The Morgan fingerprint density at radius 1 is 0.844 bits per heavy atom. The first-order valence-electron chi connectivity index (χ1n) is 11.7. The van der Waals surface area contributed by atoms with Crippen molar-refractivity contribution in [2.75, 3.05) is 7.11 Å². The quantitative estimate of drug-likeness (QED) is 0.350. The van der Waals surface area contributed by atoms with Gasteiger partial charge in [-0.3, -0.25) is 0 Å². The Morgan fingerprint density at radius 2 is 1.31 bits per heavy atom. The average molecular weight is 473 g/mol. The van der Waals surface area contributed by atoms with Crippen LogP contribution in [0.2, 0.25) is 36.3 Å². The first kappa shape index (κ1) is 28.5. The van der Waals surface area contributed by atoms with Gasteiger partial charge in [0.2, 0.25) is 5.60 Å². The van der Waals surface area contributed by atoms with E-state index in [1.54, 1.807) is 7.11 Å². The minimum atomic E-state index is -2.00. The first-order chi connectivity index (χ1) is 14.7. The lowest BCUT2D eigenvalue weighted by molar-refractivity contribution is -0.0435. The predicted octanol–water partition coefficient (Wildman–Crippen LogP) is 6.43. The fraction of sp³-hybridized carbons (Fsp3) is 0.630. The molecule has 0 aliphatic heterocycles. The standard InChI is InChI=1S/C27H44O3Si2/c1-21(2)32(22(3)4,23(5)6)19-17-27(28,16-18-31(9,10)11)24(7)30-20-25-12-14-26(29-8)15-13-25/h12-15,21-24,28H,20H2,1-11H3/t24-,27+/m0/s1. The van der Waals surface area contributed by atoms with Crippen LogP contribution in [0.15, 0.2) is 24.3 Å². The van der Waals surface area contributed by atoms with Gasteiger partial charge in [0.15, 0.2) is 0 Å². The second kappa shape index (κ2) is 11.6. The normalized spacial score (nSPS) is 15.0. The number of hydrogen-bond acceptors (Lipinski definition) is 3. The van der Waals surface area contributed by atoms with Crippen molar-refractivity contribution in [3.63, 3.8) is 0 Å². The molecular weight excluding hydrogens is 428 g/mol. The van der Waals surface area contributed by atoms with Gasteiger partial charge >= 0.3 is 0 Å². The maximum atomic E-state index is 11.7. The predicted molar refractivity (Wildman–Crippen MR) is 142 cm³/mol. The molecule has 0 aliphatic carbocycles. The third-order valence-corrected chi connectivity index (χ3v) is 13.4. The second-order valence-corrected chi connectivity index (χ2v) is 21.0. The van der Waals surface area contributed by atoms with Gasteiger partial charge in [-0.1, -0.05) is 85.2 Å². The largest absolute Gasteiger partial charge is 0.497 e. The zero-order chi connectivity index (χ0) is 24.7. The number of hydrogen-bond donors (Lipinski definition) is 1. The zero-order valence-electron chi connectivity index (χ0n) is 22.1. The number of ether oxygens (including phenoxy) is 2. The van der Waals surface area contributed by atoms with Crippen molar-refractivity contribution < 1.29 is 14.6 Å². The molecule has 0 radical (unpaired) electrons. The summed E-state index contributed by atoms with van der Waals surface area (Å²) in [6.45, 7) is 22.4. The maximum absolute atomic E-state index is 11.7. The van der Waals surface area contributed by atoms with Gasteiger partial charge in [0, 0.05) is 0 Å². The fourth-order valence-corrected chi connectivity index (χ4v) is 10.1. The van der Waals surface area contributed by atoms with Crippen LogP contribution in [0.4, 0.5) is 0 Å². The highest BCUT2D eigenvalue weighted by molar-refractivity contribution is 6.90. The smallest absolute Gasteiger partial charge is 0.212 e. The van der Waals surface area contributed by atoms with Gasteiger partial charge in [-0.15, -0.1) is 11.1 Å². The Bertz CT molecular complexity index is 824. The van der Waals surface area contributed by atoms with E-state index in [0.717, 1.165) is 11.3 Å². The average Bonchev–Trinajstić information content (AvgIpc) is 2.70. The number of benzene rings is 1. The molecule has 1 aromatic carbocycles. The third kappa shape index (κ3) is 7.53. The van der Waals surface area contributed by atoms with Gasteiger partial charge in [-0.25, -0.2) is 0 Å². The minimum Gasteiger partial charge on any atom is -0.497 e. The van der Waals surface area contributed by atoms with Crippen molar-refractivity contribution in [1.29, 1.82) is 0 Å². The highest BCUT2D eigenvalue weighted by atomic mass is 28.3. The second-order valence-electron chi connectivity index (χ2n) is 10.7. The van der Waals surface area contributed by atoms with Crippen molar-refractivity contribution in [1.82, 2.24) is 0 Å². The van der Waals surface area contributed by atoms with Crippen LogP contribution >= 0.6 is 0 Å². The summed E-state index contributed by atoms with van der Waals surface area (Å²) in [5.41, 5.74) is 7.97. The Hall–Kier alpha value is -1.51. The van der Waals surface area contributed by atoms with Gasteiger partial charge < -0.3 is 14.6 Å². The summed E-state index contributed by atoms with van der Waals surface area (Å²) in [7, 11) is -2.05. The molecule has 2 atom stereocenters. The molecular formula is C27H44O3Si2. The fourth-order valence-electron chi connectivity index (χ4n) is 4.22. The van der Waals surface area contributed by atoms with Crippen LogP contribution in [0, 0.1) is 22.9 Å². The van der Waals surface area contributed by atoms with Gasteiger partial charge in [0.25, 0.3) is 0 Å². The summed E-state index contributed by atoms with van der Waals surface area (Å²) in [5, 5.41) is 11.7. The van der Waals surface area contributed by atoms with Crippen LogP contribution in [-0.2, 0) is 11.3 Å². The number of methoxy groups -OCH3 is 1. The van der Waals surface area contributed by atoms with Crippen LogP contribution in [-0.4, -0.2) is 40.1 Å². The Morgan fingerprint density at radius 3 is 1.72 bits per heavy atom. The number of rotatable bonds is 8. The zero-order valence-corrected chi connectivity index (χ0v) is 24.1. The number of aliphatic hydroxyl groups is 1. The molecule has 0 aromatic heterocycles. The van der Waals surface area contributed by atoms with Gasteiger partial charge in [-0.05, 0) is 41.2 Å². The summed E-state index contributed by atoms with van der Waals surface area (Å²) < 4.78 is 11.3. The molecule has 5 heteroatoms. The summed E-state index contributed by atoms with van der Waals surface area (Å²) in [6, 6.07) is 7.76. The molecule has 0 unspecified atom stereocenters. The summed E-state index contributed by atoms with van der Waals surface area (Å²) >= 11 is 0. The van der Waals surface area contributed by atoms with Crippen molar-refractivity contribution in [3.8, 4) is 28.7 Å². The lowest BCUT2D eigenvalue weighted by atomic mass is 10.0. The lowest BCUT2D eigenvalue weighted by Crippen LogP contribution is -2.45. The molecule has 1 aromatic rings. The van der Waals surface area contributed by atoms with E-state index in [1.807, 2.05) is 31.2 Å². The first-order valence-corrected chi connectivity index (χ1v) is 17.5. The van der Waals surface area contributed by atoms with Crippen LogP contribution in [0.1, 0.15) is 54.0 Å². The molecule has 0 aliphatic rings. The Labute approximate surface area is 199 Å².